The Labute approximate surface area is 499 Å². The van der Waals surface area contributed by atoms with Crippen LogP contribution in [-0.2, 0) is 76.7 Å². The van der Waals surface area contributed by atoms with Crippen molar-refractivity contribution in [1.82, 2.24) is 47.5 Å². The second-order valence-electron chi connectivity index (χ2n) is 22.7. The standard InChI is InChI=1S/C60H83N11O15/c1-59(2,3)85-51(77)33-47(57(83)69-45(52(62)78)30-36-16-8-7-9-17-36)70-55(81)44(67-53(79)41(61)32-38-34-65-42-19-11-10-18-40(38)42)21-15-29-64-49(74)23-13-12-22-48(73)63-28-14-20-43(54(80)66-35-50(75)76)68-56(82)46(71-58(84)86-60(4,5)6)31-37-24-26-39(72)27-25-37/h7-11,16-19,24-27,34,41,43-47,65,72H,12-15,20-23,28-33,35,61H2,1-6H3,(H2,62,78)(H,63,73)(H,64,74)(H,66,80)(H,67,79)(H,68,82)(H,69,83)(H,70,81)(H,71,84)(H,75,76)/t41-,43-,44-,45-,46-,47-/m0/s1. The molecule has 0 saturated carbocycles. The van der Waals surface area contributed by atoms with Crippen LogP contribution < -0.4 is 54.0 Å². The highest BCUT2D eigenvalue weighted by molar-refractivity contribution is 5.97. The van der Waals surface area contributed by atoms with E-state index < -0.39 is 114 Å². The molecule has 26 nitrogen and oxygen atoms in total. The largest absolute Gasteiger partial charge is 0.508 e. The lowest BCUT2D eigenvalue weighted by Gasteiger charge is -2.26. The van der Waals surface area contributed by atoms with E-state index in [0.717, 1.165) is 16.5 Å². The summed E-state index contributed by atoms with van der Waals surface area (Å²) in [6.45, 7) is 9.12. The number of alkyl carbamates (subject to hydrolysis) is 1. The third-order valence-corrected chi connectivity index (χ3v) is 12.9. The Hall–Kier alpha value is -9.07. The minimum atomic E-state index is -1.60. The molecule has 3 aromatic carbocycles. The molecule has 15 N–H and O–H groups in total. The number of carbonyl (C=O) groups is 11. The SMILES string of the molecule is CC(C)(C)OC(=O)C[C@H](NC(=O)[C@H](CCCNC(=O)CCCCC(=O)NCCC[C@H](NC(=O)[C@H](Cc1ccc(O)cc1)NC(=O)OC(C)(C)C)C(=O)NCC(=O)O)NC(=O)[C@@H](N)Cc1c[nH]c2ccccc12)C(=O)N[C@@H](Cc1ccccc1)C(N)=O. The smallest absolute Gasteiger partial charge is 0.408 e. The van der Waals surface area contributed by atoms with Crippen molar-refractivity contribution in [1.29, 1.82) is 0 Å². The van der Waals surface area contributed by atoms with E-state index in [0.29, 0.717) is 24.0 Å². The van der Waals surface area contributed by atoms with Gasteiger partial charge in [-0.05, 0) is 121 Å². The quantitative estimate of drug-likeness (QED) is 0.0234. The molecule has 6 atom stereocenters. The van der Waals surface area contributed by atoms with E-state index in [2.05, 4.69) is 47.5 Å². The lowest BCUT2D eigenvalue weighted by molar-refractivity contribution is -0.156. The van der Waals surface area contributed by atoms with Crippen LogP contribution in [0.4, 0.5) is 4.79 Å². The monoisotopic (exact) mass is 1200 g/mol. The van der Waals surface area contributed by atoms with Crippen LogP contribution in [0, 0.1) is 0 Å². The van der Waals surface area contributed by atoms with Gasteiger partial charge in [0.05, 0.1) is 12.5 Å². The first-order valence-corrected chi connectivity index (χ1v) is 28.4. The molecule has 4 rings (SSSR count). The third kappa shape index (κ3) is 26.2. The highest BCUT2D eigenvalue weighted by Gasteiger charge is 2.34. The van der Waals surface area contributed by atoms with Gasteiger partial charge in [-0.1, -0.05) is 60.7 Å². The van der Waals surface area contributed by atoms with Crippen LogP contribution >= 0.6 is 0 Å². The van der Waals surface area contributed by atoms with E-state index in [-0.39, 0.29) is 88.4 Å². The van der Waals surface area contributed by atoms with Crippen molar-refractivity contribution in [2.24, 2.45) is 11.5 Å². The van der Waals surface area contributed by atoms with Crippen molar-refractivity contribution in [2.75, 3.05) is 19.6 Å². The van der Waals surface area contributed by atoms with E-state index in [4.69, 9.17) is 20.9 Å². The van der Waals surface area contributed by atoms with Crippen molar-refractivity contribution < 1.29 is 72.4 Å². The highest BCUT2D eigenvalue weighted by Crippen LogP contribution is 2.20. The lowest BCUT2D eigenvalue weighted by Crippen LogP contribution is -2.58. The third-order valence-electron chi connectivity index (χ3n) is 12.9. The molecule has 0 aliphatic heterocycles. The predicted molar refractivity (Wildman–Crippen MR) is 316 cm³/mol. The van der Waals surface area contributed by atoms with Gasteiger partial charge in [-0.15, -0.1) is 0 Å². The number of benzene rings is 3. The number of primary amides is 1. The Morgan fingerprint density at radius 3 is 1.63 bits per heavy atom. The van der Waals surface area contributed by atoms with E-state index >= 15 is 0 Å². The number of aromatic nitrogens is 1. The summed E-state index contributed by atoms with van der Waals surface area (Å²) < 4.78 is 10.8. The van der Waals surface area contributed by atoms with E-state index in [1.807, 2.05) is 24.3 Å². The summed E-state index contributed by atoms with van der Waals surface area (Å²) in [6.07, 6.45) is 1.01. The number of rotatable bonds is 34. The van der Waals surface area contributed by atoms with Crippen LogP contribution in [0.15, 0.2) is 85.1 Å². The fourth-order valence-corrected chi connectivity index (χ4v) is 8.72. The summed E-state index contributed by atoms with van der Waals surface area (Å²) in [4.78, 5) is 147. The molecule has 0 unspecified atom stereocenters. The molecule has 468 valence electrons. The first-order valence-electron chi connectivity index (χ1n) is 28.4. The molecule has 0 bridgehead atoms. The number of carboxylic acid groups (broad SMARTS) is 1. The summed E-state index contributed by atoms with van der Waals surface area (Å²) >= 11 is 0. The van der Waals surface area contributed by atoms with Crippen LogP contribution in [0.5, 0.6) is 5.75 Å². The first kappa shape index (κ1) is 69.4. The zero-order chi connectivity index (χ0) is 63.6. The molecule has 9 amide bonds. The topological polar surface area (TPSA) is 411 Å². The number of aromatic hydroxyl groups is 1. The number of carboxylic acids is 1. The van der Waals surface area contributed by atoms with Crippen molar-refractivity contribution in [3.63, 3.8) is 0 Å². The molecular formula is C60H83N11O15. The molecule has 0 aliphatic rings. The highest BCUT2D eigenvalue weighted by atomic mass is 16.6. The number of fused-ring (bicyclic) bond motifs is 1. The number of unbranched alkanes of at least 4 members (excludes halogenated alkanes) is 1. The summed E-state index contributed by atoms with van der Waals surface area (Å²) in [5.74, 6) is -7.91. The van der Waals surface area contributed by atoms with Crippen molar-refractivity contribution >= 4 is 76.2 Å². The normalized spacial score (nSPS) is 13.4. The Balaban J connectivity index is 1.33. The molecule has 0 saturated heterocycles. The van der Waals surface area contributed by atoms with E-state index in [1.165, 1.54) is 12.1 Å². The fourth-order valence-electron chi connectivity index (χ4n) is 8.72. The lowest BCUT2D eigenvalue weighted by atomic mass is 10.0. The number of phenols is 1. The van der Waals surface area contributed by atoms with Crippen LogP contribution in [-0.4, -0.2) is 148 Å². The predicted octanol–water partition coefficient (Wildman–Crippen LogP) is 1.83. The summed E-state index contributed by atoms with van der Waals surface area (Å²) in [5.41, 5.74) is 13.0. The Kier molecular flexibility index (Phi) is 27.5. The number of amides is 9. The van der Waals surface area contributed by atoms with Gasteiger partial charge in [-0.3, -0.25) is 47.9 Å². The van der Waals surface area contributed by atoms with Crippen LogP contribution in [0.1, 0.15) is 116 Å². The summed E-state index contributed by atoms with van der Waals surface area (Å²) in [7, 11) is 0. The number of nitrogens with one attached hydrogen (secondary N) is 9. The van der Waals surface area contributed by atoms with Gasteiger partial charge in [0.25, 0.3) is 0 Å². The van der Waals surface area contributed by atoms with Crippen molar-refractivity contribution in [3.8, 4) is 5.75 Å². The van der Waals surface area contributed by atoms with Gasteiger partial charge in [0.1, 0.15) is 53.7 Å². The molecule has 86 heavy (non-hydrogen) atoms. The number of hydrogen-bond donors (Lipinski definition) is 13. The van der Waals surface area contributed by atoms with Gasteiger partial charge >= 0.3 is 18.0 Å². The van der Waals surface area contributed by atoms with E-state index in [1.54, 1.807) is 90.2 Å². The van der Waals surface area contributed by atoms with Gasteiger partial charge in [-0.2, -0.15) is 0 Å². The molecule has 26 heteroatoms. The van der Waals surface area contributed by atoms with Crippen LogP contribution in [0.3, 0.4) is 0 Å². The average Bonchev–Trinajstić information content (AvgIpc) is 2.94. The Morgan fingerprint density at radius 1 is 0.547 bits per heavy atom. The van der Waals surface area contributed by atoms with Gasteiger partial charge in [0, 0.05) is 55.9 Å². The molecule has 4 aromatic rings. The molecule has 0 fully saturated rings. The molecule has 0 radical (unpaired) electrons. The average molecular weight is 1200 g/mol. The molecule has 1 heterocycles. The van der Waals surface area contributed by atoms with Crippen molar-refractivity contribution in [2.45, 2.75) is 166 Å². The number of hydrogen-bond acceptors (Lipinski definition) is 15. The first-order chi connectivity index (χ1) is 40.5. The second-order valence-corrected chi connectivity index (χ2v) is 22.7. The van der Waals surface area contributed by atoms with Crippen LogP contribution in [0.25, 0.3) is 10.9 Å². The van der Waals surface area contributed by atoms with Gasteiger partial charge in [0.15, 0.2) is 0 Å². The number of H-pyrrole nitrogens is 1. The summed E-state index contributed by atoms with van der Waals surface area (Å²) in [5, 5.41) is 40.3. The maximum Gasteiger partial charge on any atom is 0.408 e. The minimum absolute atomic E-state index is 0.00648. The minimum Gasteiger partial charge on any atom is -0.508 e. The zero-order valence-corrected chi connectivity index (χ0v) is 49.5. The molecule has 1 aromatic heterocycles. The number of para-hydroxylation sites is 1. The number of esters is 1. The number of ether oxygens (including phenoxy) is 2. The van der Waals surface area contributed by atoms with Gasteiger partial charge in [-0.25, -0.2) is 4.79 Å². The maximum absolute atomic E-state index is 14.2. The maximum atomic E-state index is 14.2. The molecule has 0 spiro atoms. The number of aromatic amines is 1. The van der Waals surface area contributed by atoms with Gasteiger partial charge < -0.3 is 78.7 Å². The second kappa shape index (κ2) is 34.0. The number of nitrogens with two attached hydrogens (primary N) is 2. The zero-order valence-electron chi connectivity index (χ0n) is 49.5. The Bertz CT molecular complexity index is 2960. The Morgan fingerprint density at radius 2 is 1.05 bits per heavy atom. The van der Waals surface area contributed by atoms with Gasteiger partial charge in [0.2, 0.25) is 47.3 Å². The number of aliphatic carboxylic acids is 1. The van der Waals surface area contributed by atoms with E-state index in [9.17, 15) is 63.0 Å². The number of carbonyl (C=O) groups excluding carboxylic acids is 10. The van der Waals surface area contributed by atoms with Crippen molar-refractivity contribution in [3.05, 3.63) is 102 Å². The fraction of sp³-hybridized carbons (Fsp3) is 0.483. The number of phenolic OH excluding ortho intramolecular Hbond substituents is 1. The summed E-state index contributed by atoms with van der Waals surface area (Å²) in [6, 6.07) is 14.2. The van der Waals surface area contributed by atoms with Crippen LogP contribution in [0.2, 0.25) is 0 Å². The molecule has 0 aliphatic carbocycles. The molecular weight excluding hydrogens is 1110 g/mol.